The molecule has 0 saturated carbocycles. The van der Waals surface area contributed by atoms with Crippen LogP contribution in [0.1, 0.15) is 11.1 Å². The van der Waals surface area contributed by atoms with Crippen molar-refractivity contribution in [1.29, 1.82) is 0 Å². The monoisotopic (exact) mass is 391 g/mol. The zero-order valence-electron chi connectivity index (χ0n) is 14.0. The smallest absolute Gasteiger partial charge is 0.260 e. The minimum atomic E-state index is -3.66. The summed E-state index contributed by atoms with van der Waals surface area (Å²) in [5, 5.41) is 11.3. The molecule has 0 bridgehead atoms. The Balaban J connectivity index is 1.75. The van der Waals surface area contributed by atoms with Crippen LogP contribution in [-0.4, -0.2) is 35.9 Å². The Bertz CT molecular complexity index is 956. The van der Waals surface area contributed by atoms with Crippen molar-refractivity contribution in [2.24, 2.45) is 4.99 Å². The van der Waals surface area contributed by atoms with E-state index < -0.39 is 14.9 Å². The van der Waals surface area contributed by atoms with Crippen LogP contribution in [-0.2, 0) is 15.8 Å². The van der Waals surface area contributed by atoms with Crippen LogP contribution in [0.5, 0.6) is 0 Å². The lowest BCUT2D eigenvalue weighted by atomic mass is 10.2. The Morgan fingerprint density at radius 1 is 1.23 bits per heavy atom. The zero-order valence-corrected chi connectivity index (χ0v) is 15.7. The number of nitro benzene ring substituents is 1. The Morgan fingerprint density at radius 3 is 2.65 bits per heavy atom. The molecule has 0 aromatic heterocycles. The summed E-state index contributed by atoms with van der Waals surface area (Å²) in [6.45, 7) is 2.60. The van der Waals surface area contributed by atoms with Gasteiger partial charge in [0.15, 0.2) is 5.17 Å². The zero-order chi connectivity index (χ0) is 18.7. The number of aliphatic imine (C=N–C) groups is 1. The molecule has 1 aliphatic heterocycles. The standard InChI is InChI=1S/C17H17N3O4S2/c1-13-5-7-16(8-6-13)26(23,24)19-10-9-18-17(19)25-12-14-3-2-4-15(11-14)20(21)22/h2-8,11H,9-10,12H2,1H3. The Kier molecular flexibility index (Phi) is 5.28. The third-order valence-corrected chi connectivity index (χ3v) is 6.87. The highest BCUT2D eigenvalue weighted by atomic mass is 32.2. The van der Waals surface area contributed by atoms with E-state index in [2.05, 4.69) is 4.99 Å². The van der Waals surface area contributed by atoms with Gasteiger partial charge in [-0.3, -0.25) is 15.1 Å². The number of non-ortho nitro benzene ring substituents is 1. The number of benzene rings is 2. The molecule has 0 saturated heterocycles. The number of nitrogens with zero attached hydrogens (tertiary/aromatic N) is 3. The summed E-state index contributed by atoms with van der Waals surface area (Å²) in [7, 11) is -3.66. The largest absolute Gasteiger partial charge is 0.269 e. The maximum absolute atomic E-state index is 12.9. The van der Waals surface area contributed by atoms with Crippen molar-refractivity contribution in [2.45, 2.75) is 17.6 Å². The van der Waals surface area contributed by atoms with E-state index in [1.165, 1.54) is 28.2 Å². The van der Waals surface area contributed by atoms with Crippen LogP contribution >= 0.6 is 11.8 Å². The minimum absolute atomic E-state index is 0.0144. The molecular formula is C17H17N3O4S2. The number of thioether (sulfide) groups is 1. The average molecular weight is 391 g/mol. The molecule has 0 N–H and O–H groups in total. The quantitative estimate of drug-likeness (QED) is 0.576. The molecule has 0 unspecified atom stereocenters. The molecule has 0 spiro atoms. The van der Waals surface area contributed by atoms with Crippen molar-refractivity contribution >= 4 is 32.6 Å². The number of hydrogen-bond acceptors (Lipinski definition) is 6. The summed E-state index contributed by atoms with van der Waals surface area (Å²) >= 11 is 1.26. The van der Waals surface area contributed by atoms with Crippen LogP contribution in [0.3, 0.4) is 0 Å². The second kappa shape index (κ2) is 7.46. The van der Waals surface area contributed by atoms with Gasteiger partial charge in [-0.25, -0.2) is 12.7 Å². The Labute approximate surface area is 155 Å². The van der Waals surface area contributed by atoms with Gasteiger partial charge in [0.25, 0.3) is 15.7 Å². The van der Waals surface area contributed by atoms with Crippen molar-refractivity contribution in [1.82, 2.24) is 4.31 Å². The van der Waals surface area contributed by atoms with Crippen molar-refractivity contribution in [3.63, 3.8) is 0 Å². The summed E-state index contributed by atoms with van der Waals surface area (Å²) in [5.41, 5.74) is 1.74. The number of amidine groups is 1. The fraction of sp³-hybridized carbons (Fsp3) is 0.235. The summed E-state index contributed by atoms with van der Waals surface area (Å²) in [6, 6.07) is 13.0. The highest BCUT2D eigenvalue weighted by Gasteiger charge is 2.30. The maximum Gasteiger partial charge on any atom is 0.269 e. The van der Waals surface area contributed by atoms with E-state index in [1.54, 1.807) is 36.4 Å². The van der Waals surface area contributed by atoms with Crippen LogP contribution in [0, 0.1) is 17.0 Å². The van der Waals surface area contributed by atoms with Gasteiger partial charge >= 0.3 is 0 Å². The lowest BCUT2D eigenvalue weighted by Crippen LogP contribution is -2.32. The molecule has 1 heterocycles. The van der Waals surface area contributed by atoms with Gasteiger partial charge in [-0.05, 0) is 24.6 Å². The molecule has 2 aromatic carbocycles. The predicted octanol–water partition coefficient (Wildman–Crippen LogP) is 3.20. The number of sulfonamides is 1. The van der Waals surface area contributed by atoms with Gasteiger partial charge in [-0.2, -0.15) is 0 Å². The molecule has 26 heavy (non-hydrogen) atoms. The van der Waals surface area contributed by atoms with Gasteiger partial charge in [0, 0.05) is 17.9 Å². The van der Waals surface area contributed by atoms with Gasteiger partial charge in [0.2, 0.25) is 0 Å². The second-order valence-corrected chi connectivity index (χ2v) is 8.58. The van der Waals surface area contributed by atoms with E-state index in [1.807, 2.05) is 6.92 Å². The van der Waals surface area contributed by atoms with Crippen LogP contribution in [0.25, 0.3) is 0 Å². The van der Waals surface area contributed by atoms with E-state index in [0.717, 1.165) is 11.1 Å². The summed E-state index contributed by atoms with van der Waals surface area (Å²) in [4.78, 5) is 14.9. The minimum Gasteiger partial charge on any atom is -0.260 e. The molecule has 3 rings (SSSR count). The molecule has 2 aromatic rings. The van der Waals surface area contributed by atoms with Crippen LogP contribution in [0.2, 0.25) is 0 Å². The first-order valence-corrected chi connectivity index (χ1v) is 10.3. The van der Waals surface area contributed by atoms with Gasteiger partial charge < -0.3 is 0 Å². The molecule has 0 aliphatic carbocycles. The third kappa shape index (κ3) is 3.88. The lowest BCUT2D eigenvalue weighted by molar-refractivity contribution is -0.384. The van der Waals surface area contributed by atoms with Crippen molar-refractivity contribution in [3.05, 3.63) is 69.8 Å². The summed E-state index contributed by atoms with van der Waals surface area (Å²) < 4.78 is 27.0. The first-order valence-electron chi connectivity index (χ1n) is 7.88. The SMILES string of the molecule is Cc1ccc(S(=O)(=O)N2CCN=C2SCc2cccc([N+](=O)[O-])c2)cc1. The van der Waals surface area contributed by atoms with Gasteiger partial charge in [0.05, 0.1) is 22.9 Å². The molecule has 1 aliphatic rings. The molecule has 9 heteroatoms. The lowest BCUT2D eigenvalue weighted by Gasteiger charge is -2.20. The molecular weight excluding hydrogens is 374 g/mol. The van der Waals surface area contributed by atoms with E-state index >= 15 is 0 Å². The van der Waals surface area contributed by atoms with E-state index in [4.69, 9.17) is 0 Å². The van der Waals surface area contributed by atoms with Gasteiger partial charge in [-0.1, -0.05) is 41.6 Å². The van der Waals surface area contributed by atoms with Crippen molar-refractivity contribution < 1.29 is 13.3 Å². The van der Waals surface area contributed by atoms with Crippen LogP contribution in [0.15, 0.2) is 58.4 Å². The highest BCUT2D eigenvalue weighted by Crippen LogP contribution is 2.26. The second-order valence-electron chi connectivity index (χ2n) is 5.77. The fourth-order valence-corrected chi connectivity index (χ4v) is 5.16. The normalized spacial score (nSPS) is 14.3. The van der Waals surface area contributed by atoms with E-state index in [0.29, 0.717) is 24.0 Å². The molecule has 136 valence electrons. The van der Waals surface area contributed by atoms with Crippen LogP contribution in [0.4, 0.5) is 5.69 Å². The molecule has 0 amide bonds. The highest BCUT2D eigenvalue weighted by molar-refractivity contribution is 8.14. The molecule has 7 nitrogen and oxygen atoms in total. The number of nitro groups is 1. The first-order chi connectivity index (χ1) is 12.4. The maximum atomic E-state index is 12.9. The van der Waals surface area contributed by atoms with E-state index in [9.17, 15) is 18.5 Å². The number of aryl methyl sites for hydroxylation is 1. The van der Waals surface area contributed by atoms with Gasteiger partial charge in [-0.15, -0.1) is 0 Å². The fourth-order valence-electron chi connectivity index (χ4n) is 2.50. The summed E-state index contributed by atoms with van der Waals surface area (Å²) in [6.07, 6.45) is 0. The number of hydrogen-bond donors (Lipinski definition) is 0. The van der Waals surface area contributed by atoms with E-state index in [-0.39, 0.29) is 10.6 Å². The van der Waals surface area contributed by atoms with Crippen molar-refractivity contribution in [3.8, 4) is 0 Å². The van der Waals surface area contributed by atoms with Crippen molar-refractivity contribution in [2.75, 3.05) is 13.1 Å². The average Bonchev–Trinajstić information content (AvgIpc) is 3.10. The predicted molar refractivity (Wildman–Crippen MR) is 102 cm³/mol. The summed E-state index contributed by atoms with van der Waals surface area (Å²) in [5.74, 6) is 0.403. The topological polar surface area (TPSA) is 92.9 Å². The number of rotatable bonds is 5. The molecule has 0 radical (unpaired) electrons. The Morgan fingerprint density at radius 2 is 1.96 bits per heavy atom. The molecule has 0 fully saturated rings. The third-order valence-electron chi connectivity index (χ3n) is 3.86. The van der Waals surface area contributed by atoms with Crippen LogP contribution < -0.4 is 0 Å². The van der Waals surface area contributed by atoms with Gasteiger partial charge in [0.1, 0.15) is 0 Å². The Hall–Kier alpha value is -2.39. The first kappa shape index (κ1) is 18.4. The molecule has 0 atom stereocenters.